The molecule has 0 bridgehead atoms. The van der Waals surface area contributed by atoms with E-state index in [1.807, 2.05) is 0 Å². The number of nitrogens with one attached hydrogen (secondary N) is 1. The summed E-state index contributed by atoms with van der Waals surface area (Å²) in [6.07, 6.45) is 9.31. The minimum atomic E-state index is 0.506. The number of hydrogen-bond donors (Lipinski definition) is 2. The predicted octanol–water partition coefficient (Wildman–Crippen LogP) is 2.46. The lowest BCUT2D eigenvalue weighted by Gasteiger charge is -2.37. The lowest BCUT2D eigenvalue weighted by atomic mass is 9.72. The van der Waals surface area contributed by atoms with Crippen LogP contribution >= 0.6 is 0 Å². The second-order valence-corrected chi connectivity index (χ2v) is 5.86. The van der Waals surface area contributed by atoms with E-state index in [1.165, 1.54) is 44.9 Å². The zero-order chi connectivity index (χ0) is 12.1. The molecule has 100 valence electrons. The summed E-state index contributed by atoms with van der Waals surface area (Å²) in [7, 11) is 0. The predicted molar refractivity (Wildman–Crippen MR) is 70.4 cm³/mol. The number of hydrazine groups is 1. The van der Waals surface area contributed by atoms with Crippen LogP contribution in [0.4, 0.5) is 0 Å². The van der Waals surface area contributed by atoms with Crippen LogP contribution in [0.3, 0.4) is 0 Å². The molecule has 17 heavy (non-hydrogen) atoms. The molecular weight excluding hydrogens is 212 g/mol. The Balaban J connectivity index is 1.90. The molecule has 4 atom stereocenters. The lowest BCUT2D eigenvalue weighted by Crippen LogP contribution is -2.45. The Hall–Kier alpha value is -0.120. The highest BCUT2D eigenvalue weighted by Gasteiger charge is 2.32. The number of hydrogen-bond acceptors (Lipinski definition) is 3. The van der Waals surface area contributed by atoms with Crippen molar-refractivity contribution in [3.63, 3.8) is 0 Å². The zero-order valence-corrected chi connectivity index (χ0v) is 11.2. The summed E-state index contributed by atoms with van der Waals surface area (Å²) in [6, 6.07) is 0.506. The molecule has 1 aliphatic carbocycles. The Kier molecular flexibility index (Phi) is 5.26. The number of ether oxygens (including phenoxy) is 1. The van der Waals surface area contributed by atoms with Gasteiger partial charge in [0.2, 0.25) is 0 Å². The highest BCUT2D eigenvalue weighted by atomic mass is 16.5. The second-order valence-electron chi connectivity index (χ2n) is 5.86. The van der Waals surface area contributed by atoms with Crippen molar-refractivity contribution in [2.24, 2.45) is 23.6 Å². The molecule has 0 radical (unpaired) electrons. The summed E-state index contributed by atoms with van der Waals surface area (Å²) < 4.78 is 5.47. The Morgan fingerprint density at radius 2 is 2.12 bits per heavy atom. The van der Waals surface area contributed by atoms with E-state index in [0.29, 0.717) is 6.04 Å². The van der Waals surface area contributed by atoms with Gasteiger partial charge in [-0.05, 0) is 37.0 Å². The molecule has 1 saturated heterocycles. The van der Waals surface area contributed by atoms with Gasteiger partial charge in [-0.3, -0.25) is 11.3 Å². The normalized spacial score (nSPS) is 36.0. The first-order valence-corrected chi connectivity index (χ1v) is 7.39. The zero-order valence-electron chi connectivity index (χ0n) is 11.2. The number of nitrogens with two attached hydrogens (primary N) is 1. The molecule has 3 heteroatoms. The van der Waals surface area contributed by atoms with Crippen molar-refractivity contribution >= 4 is 0 Å². The van der Waals surface area contributed by atoms with Gasteiger partial charge < -0.3 is 4.74 Å². The van der Waals surface area contributed by atoms with Gasteiger partial charge in [0, 0.05) is 19.3 Å². The highest BCUT2D eigenvalue weighted by Crippen LogP contribution is 2.36. The first-order valence-electron chi connectivity index (χ1n) is 7.39. The molecule has 4 unspecified atom stereocenters. The molecule has 1 heterocycles. The van der Waals surface area contributed by atoms with E-state index in [2.05, 4.69) is 12.3 Å². The van der Waals surface area contributed by atoms with Gasteiger partial charge in [0.05, 0.1) is 0 Å². The number of rotatable bonds is 5. The minimum absolute atomic E-state index is 0.506. The summed E-state index contributed by atoms with van der Waals surface area (Å²) in [6.45, 7) is 4.22. The molecule has 0 aromatic rings. The van der Waals surface area contributed by atoms with Gasteiger partial charge in [0.1, 0.15) is 0 Å². The standard InChI is InChI=1S/C14H28N2O/c1-2-12-5-3-4-6-13(12)14(16-15)9-11-7-8-17-10-11/h11-14,16H,2-10,15H2,1H3. The monoisotopic (exact) mass is 240 g/mol. The van der Waals surface area contributed by atoms with Gasteiger partial charge >= 0.3 is 0 Å². The first kappa shape index (κ1) is 13.3. The fourth-order valence-electron chi connectivity index (χ4n) is 3.77. The van der Waals surface area contributed by atoms with Crippen molar-refractivity contribution in [1.29, 1.82) is 0 Å². The quantitative estimate of drug-likeness (QED) is 0.573. The Morgan fingerprint density at radius 1 is 1.29 bits per heavy atom. The first-order chi connectivity index (χ1) is 8.35. The maximum Gasteiger partial charge on any atom is 0.0495 e. The van der Waals surface area contributed by atoms with E-state index in [4.69, 9.17) is 10.6 Å². The van der Waals surface area contributed by atoms with Crippen LogP contribution in [0.1, 0.15) is 51.9 Å². The Bertz CT molecular complexity index is 216. The largest absolute Gasteiger partial charge is 0.381 e. The van der Waals surface area contributed by atoms with Gasteiger partial charge in [-0.25, -0.2) is 0 Å². The van der Waals surface area contributed by atoms with Crippen LogP contribution in [-0.4, -0.2) is 19.3 Å². The summed E-state index contributed by atoms with van der Waals surface area (Å²) in [5, 5.41) is 0. The molecule has 0 spiro atoms. The molecule has 2 aliphatic rings. The van der Waals surface area contributed by atoms with Gasteiger partial charge in [-0.1, -0.05) is 32.6 Å². The SMILES string of the molecule is CCC1CCCCC1C(CC1CCOC1)NN. The molecule has 3 nitrogen and oxygen atoms in total. The van der Waals surface area contributed by atoms with E-state index in [0.717, 1.165) is 31.0 Å². The Morgan fingerprint density at radius 3 is 2.76 bits per heavy atom. The molecule has 1 aliphatic heterocycles. The van der Waals surface area contributed by atoms with Gasteiger partial charge in [0.25, 0.3) is 0 Å². The van der Waals surface area contributed by atoms with Crippen LogP contribution in [0.2, 0.25) is 0 Å². The highest BCUT2D eigenvalue weighted by molar-refractivity contribution is 4.85. The van der Waals surface area contributed by atoms with Gasteiger partial charge in [-0.15, -0.1) is 0 Å². The van der Waals surface area contributed by atoms with Gasteiger partial charge in [-0.2, -0.15) is 0 Å². The third-order valence-corrected chi connectivity index (χ3v) is 4.83. The molecule has 1 saturated carbocycles. The van der Waals surface area contributed by atoms with Crippen LogP contribution in [0.5, 0.6) is 0 Å². The van der Waals surface area contributed by atoms with E-state index >= 15 is 0 Å². The van der Waals surface area contributed by atoms with Crippen molar-refractivity contribution in [2.45, 2.75) is 57.9 Å². The molecule has 2 fully saturated rings. The topological polar surface area (TPSA) is 47.3 Å². The molecule has 2 rings (SSSR count). The lowest BCUT2D eigenvalue weighted by molar-refractivity contribution is 0.144. The van der Waals surface area contributed by atoms with E-state index in [-0.39, 0.29) is 0 Å². The van der Waals surface area contributed by atoms with Crippen molar-refractivity contribution in [1.82, 2.24) is 5.43 Å². The summed E-state index contributed by atoms with van der Waals surface area (Å²) in [5.74, 6) is 8.21. The van der Waals surface area contributed by atoms with Crippen LogP contribution in [0.15, 0.2) is 0 Å². The van der Waals surface area contributed by atoms with Crippen molar-refractivity contribution < 1.29 is 4.74 Å². The van der Waals surface area contributed by atoms with Crippen LogP contribution in [0, 0.1) is 17.8 Å². The van der Waals surface area contributed by atoms with E-state index < -0.39 is 0 Å². The fourth-order valence-corrected chi connectivity index (χ4v) is 3.77. The van der Waals surface area contributed by atoms with Crippen molar-refractivity contribution in [2.75, 3.05) is 13.2 Å². The van der Waals surface area contributed by atoms with Crippen molar-refractivity contribution in [3.8, 4) is 0 Å². The molecule has 3 N–H and O–H groups in total. The van der Waals surface area contributed by atoms with Crippen LogP contribution in [-0.2, 0) is 4.74 Å². The summed E-state index contributed by atoms with van der Waals surface area (Å²) >= 11 is 0. The van der Waals surface area contributed by atoms with E-state index in [1.54, 1.807) is 0 Å². The van der Waals surface area contributed by atoms with Crippen LogP contribution in [0.25, 0.3) is 0 Å². The van der Waals surface area contributed by atoms with Gasteiger partial charge in [0.15, 0.2) is 0 Å². The summed E-state index contributed by atoms with van der Waals surface area (Å²) in [4.78, 5) is 0. The van der Waals surface area contributed by atoms with Crippen LogP contribution < -0.4 is 11.3 Å². The molecule has 0 aromatic heterocycles. The van der Waals surface area contributed by atoms with E-state index in [9.17, 15) is 0 Å². The maximum atomic E-state index is 5.81. The Labute approximate surface area is 105 Å². The smallest absolute Gasteiger partial charge is 0.0495 e. The average Bonchev–Trinajstić information content (AvgIpc) is 2.89. The third-order valence-electron chi connectivity index (χ3n) is 4.83. The minimum Gasteiger partial charge on any atom is -0.381 e. The maximum absolute atomic E-state index is 5.81. The molecular formula is C14H28N2O. The third kappa shape index (κ3) is 3.43. The second kappa shape index (κ2) is 6.72. The molecule has 0 aromatic carbocycles. The van der Waals surface area contributed by atoms with Crippen molar-refractivity contribution in [3.05, 3.63) is 0 Å². The molecule has 0 amide bonds. The average molecular weight is 240 g/mol. The fraction of sp³-hybridized carbons (Fsp3) is 1.00. The summed E-state index contributed by atoms with van der Waals surface area (Å²) in [5.41, 5.74) is 3.11.